The summed E-state index contributed by atoms with van der Waals surface area (Å²) in [5, 5.41) is 3.40. The van der Waals surface area contributed by atoms with Gasteiger partial charge in [-0.2, -0.15) is 0 Å². The molecule has 1 aromatic rings. The predicted molar refractivity (Wildman–Crippen MR) is 76.7 cm³/mol. The van der Waals surface area contributed by atoms with Gasteiger partial charge in [-0.15, -0.1) is 0 Å². The van der Waals surface area contributed by atoms with Crippen molar-refractivity contribution >= 4 is 0 Å². The third kappa shape index (κ3) is 3.53. The topological polar surface area (TPSA) is 18.5 Å². The highest BCUT2D eigenvalue weighted by molar-refractivity contribution is 5.22. The highest BCUT2D eigenvalue weighted by Gasteiger charge is 2.28. The first kappa shape index (κ1) is 14.4. The van der Waals surface area contributed by atoms with Crippen LogP contribution in [0.2, 0.25) is 0 Å². The molecule has 0 bridgehead atoms. The first-order chi connectivity index (χ1) is 9.11. The number of rotatable bonds is 3. The number of nitrogens with zero attached hydrogens (tertiary/aromatic N) is 2. The molecule has 1 fully saturated rings. The Labute approximate surface area is 115 Å². The molecule has 0 amide bonds. The first-order valence-electron chi connectivity index (χ1n) is 6.93. The summed E-state index contributed by atoms with van der Waals surface area (Å²) in [6.45, 7) is 3.27. The molecule has 0 aliphatic carbocycles. The Morgan fingerprint density at radius 1 is 1.21 bits per heavy atom. The van der Waals surface area contributed by atoms with E-state index in [2.05, 4.69) is 29.2 Å². The van der Waals surface area contributed by atoms with Crippen LogP contribution < -0.4 is 5.32 Å². The maximum Gasteiger partial charge on any atom is 0.123 e. The molecule has 1 N–H and O–H groups in total. The zero-order valence-electron chi connectivity index (χ0n) is 12.1. The van der Waals surface area contributed by atoms with E-state index in [0.29, 0.717) is 6.04 Å². The van der Waals surface area contributed by atoms with Crippen LogP contribution in [0.3, 0.4) is 0 Å². The van der Waals surface area contributed by atoms with Crippen LogP contribution >= 0.6 is 0 Å². The second-order valence-corrected chi connectivity index (χ2v) is 5.48. The lowest BCUT2D eigenvalue weighted by atomic mass is 9.98. The summed E-state index contributed by atoms with van der Waals surface area (Å²) >= 11 is 0. The molecule has 1 aromatic carbocycles. The van der Waals surface area contributed by atoms with E-state index < -0.39 is 0 Å². The molecular formula is C15H24FN3. The van der Waals surface area contributed by atoms with Crippen molar-refractivity contribution in [3.8, 4) is 0 Å². The van der Waals surface area contributed by atoms with Crippen LogP contribution in [0.1, 0.15) is 18.0 Å². The van der Waals surface area contributed by atoms with Gasteiger partial charge in [-0.05, 0) is 58.3 Å². The van der Waals surface area contributed by atoms with Gasteiger partial charge in [0.05, 0.1) is 0 Å². The second kappa shape index (κ2) is 6.46. The average Bonchev–Trinajstić information content (AvgIpc) is 2.55. The Balaban J connectivity index is 2.21. The Morgan fingerprint density at radius 3 is 2.53 bits per heavy atom. The molecule has 1 heterocycles. The van der Waals surface area contributed by atoms with E-state index in [4.69, 9.17) is 0 Å². The van der Waals surface area contributed by atoms with Gasteiger partial charge < -0.3 is 15.1 Å². The molecule has 1 aliphatic rings. The fourth-order valence-electron chi connectivity index (χ4n) is 2.92. The van der Waals surface area contributed by atoms with E-state index in [-0.39, 0.29) is 11.9 Å². The molecule has 1 saturated heterocycles. The fraction of sp³-hybridized carbons (Fsp3) is 0.600. The van der Waals surface area contributed by atoms with Crippen molar-refractivity contribution in [3.63, 3.8) is 0 Å². The van der Waals surface area contributed by atoms with E-state index >= 15 is 0 Å². The molecule has 1 aliphatic heterocycles. The first-order valence-corrected chi connectivity index (χ1v) is 6.93. The largest absolute Gasteiger partial charge is 0.312 e. The number of benzene rings is 1. The van der Waals surface area contributed by atoms with Gasteiger partial charge in [0.1, 0.15) is 5.82 Å². The maximum atomic E-state index is 13.1. The van der Waals surface area contributed by atoms with E-state index in [1.807, 2.05) is 19.2 Å². The van der Waals surface area contributed by atoms with Crippen LogP contribution in [0.15, 0.2) is 24.3 Å². The SMILES string of the molecule is CNC(c1ccc(F)cc1)C1CN(C)CCCN1C. The van der Waals surface area contributed by atoms with Crippen molar-refractivity contribution in [1.29, 1.82) is 0 Å². The molecule has 2 rings (SSSR count). The van der Waals surface area contributed by atoms with Gasteiger partial charge in [-0.1, -0.05) is 12.1 Å². The van der Waals surface area contributed by atoms with Crippen LogP contribution in [0.25, 0.3) is 0 Å². The van der Waals surface area contributed by atoms with Crippen LogP contribution in [-0.4, -0.2) is 56.6 Å². The zero-order valence-corrected chi connectivity index (χ0v) is 12.1. The van der Waals surface area contributed by atoms with Gasteiger partial charge in [0, 0.05) is 18.6 Å². The van der Waals surface area contributed by atoms with Gasteiger partial charge in [0.25, 0.3) is 0 Å². The fourth-order valence-corrected chi connectivity index (χ4v) is 2.92. The van der Waals surface area contributed by atoms with E-state index in [9.17, 15) is 4.39 Å². The molecule has 2 unspecified atom stereocenters. The van der Waals surface area contributed by atoms with Gasteiger partial charge in [0.2, 0.25) is 0 Å². The molecular weight excluding hydrogens is 241 g/mol. The molecule has 106 valence electrons. The minimum Gasteiger partial charge on any atom is -0.312 e. The zero-order chi connectivity index (χ0) is 13.8. The van der Waals surface area contributed by atoms with Crippen LogP contribution in [-0.2, 0) is 0 Å². The summed E-state index contributed by atoms with van der Waals surface area (Å²) in [5.41, 5.74) is 1.15. The standard InChI is InChI=1S/C15H24FN3/c1-17-15(12-5-7-13(16)8-6-12)14-11-18(2)9-4-10-19(14)3/h5-8,14-15,17H,4,9-11H2,1-3H3. The van der Waals surface area contributed by atoms with Gasteiger partial charge in [-0.25, -0.2) is 4.39 Å². The Bertz CT molecular complexity index is 393. The smallest absolute Gasteiger partial charge is 0.123 e. The van der Waals surface area contributed by atoms with E-state index in [1.165, 1.54) is 6.42 Å². The van der Waals surface area contributed by atoms with Crippen molar-refractivity contribution in [2.45, 2.75) is 18.5 Å². The molecule has 4 heteroatoms. The summed E-state index contributed by atoms with van der Waals surface area (Å²) in [6.07, 6.45) is 1.20. The molecule has 0 aromatic heterocycles. The lowest BCUT2D eigenvalue weighted by Crippen LogP contribution is -2.46. The predicted octanol–water partition coefficient (Wildman–Crippen LogP) is 1.72. The molecule has 19 heavy (non-hydrogen) atoms. The minimum absolute atomic E-state index is 0.176. The van der Waals surface area contributed by atoms with Gasteiger partial charge in [-0.3, -0.25) is 0 Å². The summed E-state index contributed by atoms with van der Waals surface area (Å²) in [4.78, 5) is 4.79. The Morgan fingerprint density at radius 2 is 1.89 bits per heavy atom. The summed E-state index contributed by atoms with van der Waals surface area (Å²) in [7, 11) is 6.33. The van der Waals surface area contributed by atoms with Crippen LogP contribution in [0, 0.1) is 5.82 Å². The molecule has 2 atom stereocenters. The number of nitrogens with one attached hydrogen (secondary N) is 1. The normalized spacial score (nSPS) is 24.1. The summed E-state index contributed by atoms with van der Waals surface area (Å²) < 4.78 is 13.1. The van der Waals surface area contributed by atoms with Gasteiger partial charge in [0.15, 0.2) is 0 Å². The van der Waals surface area contributed by atoms with Crippen LogP contribution in [0.5, 0.6) is 0 Å². The van der Waals surface area contributed by atoms with Crippen molar-refractivity contribution in [2.75, 3.05) is 40.8 Å². The van der Waals surface area contributed by atoms with E-state index in [1.54, 1.807) is 12.1 Å². The van der Waals surface area contributed by atoms with Crippen molar-refractivity contribution in [3.05, 3.63) is 35.6 Å². The number of halogens is 1. The quantitative estimate of drug-likeness (QED) is 0.898. The minimum atomic E-state index is -0.176. The molecule has 0 radical (unpaired) electrons. The highest BCUT2D eigenvalue weighted by atomic mass is 19.1. The monoisotopic (exact) mass is 265 g/mol. The average molecular weight is 265 g/mol. The second-order valence-electron chi connectivity index (χ2n) is 5.48. The Hall–Kier alpha value is -0.970. The molecule has 0 saturated carbocycles. The Kier molecular flexibility index (Phi) is 4.91. The summed E-state index contributed by atoms with van der Waals surface area (Å²) in [6, 6.07) is 7.49. The lowest BCUT2D eigenvalue weighted by molar-refractivity contribution is 0.182. The number of hydrogen-bond donors (Lipinski definition) is 1. The van der Waals surface area contributed by atoms with Gasteiger partial charge >= 0.3 is 0 Å². The molecule has 0 spiro atoms. The van der Waals surface area contributed by atoms with Crippen molar-refractivity contribution in [2.24, 2.45) is 0 Å². The highest BCUT2D eigenvalue weighted by Crippen LogP contribution is 2.23. The van der Waals surface area contributed by atoms with Crippen molar-refractivity contribution in [1.82, 2.24) is 15.1 Å². The number of hydrogen-bond acceptors (Lipinski definition) is 3. The van der Waals surface area contributed by atoms with E-state index in [0.717, 1.165) is 25.2 Å². The lowest BCUT2D eigenvalue weighted by Gasteiger charge is -2.34. The third-order valence-electron chi connectivity index (χ3n) is 4.04. The van der Waals surface area contributed by atoms with Crippen LogP contribution in [0.4, 0.5) is 4.39 Å². The number of likely N-dealkylation sites (N-methyl/N-ethyl adjacent to an activating group) is 3. The molecule has 3 nitrogen and oxygen atoms in total. The summed E-state index contributed by atoms with van der Waals surface area (Å²) in [5.74, 6) is -0.176. The maximum absolute atomic E-state index is 13.1. The van der Waals surface area contributed by atoms with Crippen molar-refractivity contribution < 1.29 is 4.39 Å². The third-order valence-corrected chi connectivity index (χ3v) is 4.04.